The van der Waals surface area contributed by atoms with Gasteiger partial charge in [0.2, 0.25) is 5.91 Å². The molecule has 8 nitrogen and oxygen atoms in total. The lowest BCUT2D eigenvalue weighted by Gasteiger charge is -2.46. The molecule has 2 atom stereocenters. The zero-order valence-corrected chi connectivity index (χ0v) is 19.5. The van der Waals surface area contributed by atoms with Gasteiger partial charge in [0.25, 0.3) is 0 Å². The van der Waals surface area contributed by atoms with Gasteiger partial charge >= 0.3 is 12.2 Å². The minimum absolute atomic E-state index is 0.102. The first-order valence-corrected chi connectivity index (χ1v) is 11.4. The lowest BCUT2D eigenvalue weighted by atomic mass is 9.80. The molecule has 0 spiro atoms. The van der Waals surface area contributed by atoms with E-state index >= 15 is 0 Å². The SMILES string of the molecule is C[C@@H](NC(=O)OCc1ccccc1)C(=O)N1CCC[C@H](C2CN(C(=O)OC(C)(C)C)C2)C1. The van der Waals surface area contributed by atoms with Crippen LogP contribution in [0.25, 0.3) is 0 Å². The van der Waals surface area contributed by atoms with Crippen LogP contribution in [0.2, 0.25) is 0 Å². The van der Waals surface area contributed by atoms with Crippen molar-refractivity contribution >= 4 is 18.1 Å². The number of rotatable bonds is 5. The summed E-state index contributed by atoms with van der Waals surface area (Å²) in [5.74, 6) is 0.621. The van der Waals surface area contributed by atoms with E-state index in [4.69, 9.17) is 9.47 Å². The molecule has 0 saturated carbocycles. The quantitative estimate of drug-likeness (QED) is 0.750. The summed E-state index contributed by atoms with van der Waals surface area (Å²) in [6, 6.07) is 8.75. The van der Waals surface area contributed by atoms with E-state index in [9.17, 15) is 14.4 Å². The Morgan fingerprint density at radius 2 is 1.72 bits per heavy atom. The Balaban J connectivity index is 1.42. The number of ether oxygens (including phenoxy) is 2. The Bertz CT molecular complexity index is 802. The van der Waals surface area contributed by atoms with Gasteiger partial charge in [-0.1, -0.05) is 30.3 Å². The van der Waals surface area contributed by atoms with Crippen LogP contribution in [-0.2, 0) is 20.9 Å². The van der Waals surface area contributed by atoms with Crippen molar-refractivity contribution in [2.75, 3.05) is 26.2 Å². The molecule has 3 rings (SSSR count). The van der Waals surface area contributed by atoms with Crippen LogP contribution in [0.5, 0.6) is 0 Å². The van der Waals surface area contributed by atoms with Gasteiger partial charge < -0.3 is 24.6 Å². The van der Waals surface area contributed by atoms with Crippen molar-refractivity contribution in [1.29, 1.82) is 0 Å². The number of piperidine rings is 1. The van der Waals surface area contributed by atoms with Crippen LogP contribution in [0.3, 0.4) is 0 Å². The van der Waals surface area contributed by atoms with Crippen molar-refractivity contribution in [3.8, 4) is 0 Å². The van der Waals surface area contributed by atoms with Crippen LogP contribution in [0.4, 0.5) is 9.59 Å². The van der Waals surface area contributed by atoms with Crippen LogP contribution >= 0.6 is 0 Å². The number of hydrogen-bond donors (Lipinski definition) is 1. The predicted octanol–water partition coefficient (Wildman–Crippen LogP) is 3.41. The van der Waals surface area contributed by atoms with Crippen molar-refractivity contribution < 1.29 is 23.9 Å². The van der Waals surface area contributed by atoms with Crippen LogP contribution in [0.15, 0.2) is 30.3 Å². The summed E-state index contributed by atoms with van der Waals surface area (Å²) >= 11 is 0. The maximum atomic E-state index is 12.9. The van der Waals surface area contributed by atoms with Gasteiger partial charge in [-0.2, -0.15) is 0 Å². The summed E-state index contributed by atoms with van der Waals surface area (Å²) in [7, 11) is 0. The van der Waals surface area contributed by atoms with Gasteiger partial charge in [-0.05, 0) is 57.9 Å². The summed E-state index contributed by atoms with van der Waals surface area (Å²) in [6.07, 6.45) is 1.08. The van der Waals surface area contributed by atoms with E-state index in [0.29, 0.717) is 38.0 Å². The third-order valence-electron chi connectivity index (χ3n) is 5.92. The van der Waals surface area contributed by atoms with Gasteiger partial charge in [0.15, 0.2) is 0 Å². The highest BCUT2D eigenvalue weighted by Gasteiger charge is 2.40. The second-order valence-corrected chi connectivity index (χ2v) is 9.76. The molecule has 32 heavy (non-hydrogen) atoms. The maximum Gasteiger partial charge on any atom is 0.410 e. The number of carbonyl (C=O) groups is 3. The molecule has 1 aromatic carbocycles. The van der Waals surface area contributed by atoms with E-state index in [0.717, 1.165) is 18.4 Å². The first-order valence-electron chi connectivity index (χ1n) is 11.4. The van der Waals surface area contributed by atoms with Gasteiger partial charge in [0, 0.05) is 26.2 Å². The number of alkyl carbamates (subject to hydrolysis) is 1. The van der Waals surface area contributed by atoms with Gasteiger partial charge in [0.05, 0.1) is 0 Å². The standard InChI is InChI=1S/C24H35N3O5/c1-17(25-22(29)31-16-18-9-6-5-7-10-18)21(28)26-12-8-11-19(13-26)20-14-27(15-20)23(30)32-24(2,3)4/h5-7,9-10,17,19-20H,8,11-16H2,1-4H3,(H,25,29)/t17-,19+/m1/s1. The van der Waals surface area contributed by atoms with E-state index in [1.165, 1.54) is 0 Å². The van der Waals surface area contributed by atoms with Gasteiger partial charge in [-0.25, -0.2) is 9.59 Å². The minimum atomic E-state index is -0.656. The highest BCUT2D eigenvalue weighted by Crippen LogP contribution is 2.32. The largest absolute Gasteiger partial charge is 0.445 e. The summed E-state index contributed by atoms with van der Waals surface area (Å²) < 4.78 is 10.6. The first kappa shape index (κ1) is 23.9. The second kappa shape index (κ2) is 10.2. The summed E-state index contributed by atoms with van der Waals surface area (Å²) in [6.45, 7) is 10.1. The fourth-order valence-electron chi connectivity index (χ4n) is 4.16. The lowest BCUT2D eigenvalue weighted by molar-refractivity contribution is -0.135. The number of nitrogens with zero attached hydrogens (tertiary/aromatic N) is 2. The van der Waals surface area contributed by atoms with Crippen LogP contribution < -0.4 is 5.32 Å². The Morgan fingerprint density at radius 3 is 2.38 bits per heavy atom. The van der Waals surface area contributed by atoms with E-state index < -0.39 is 17.7 Å². The number of nitrogens with one attached hydrogen (secondary N) is 1. The fraction of sp³-hybridized carbons (Fsp3) is 0.625. The monoisotopic (exact) mass is 445 g/mol. The summed E-state index contributed by atoms with van der Waals surface area (Å²) in [5, 5.41) is 2.64. The zero-order valence-electron chi connectivity index (χ0n) is 19.5. The summed E-state index contributed by atoms with van der Waals surface area (Å²) in [4.78, 5) is 40.7. The molecule has 2 fully saturated rings. The Hall–Kier alpha value is -2.77. The van der Waals surface area contributed by atoms with Gasteiger partial charge in [-0.3, -0.25) is 4.79 Å². The Kier molecular flexibility index (Phi) is 7.64. The lowest BCUT2D eigenvalue weighted by Crippen LogP contribution is -2.57. The van der Waals surface area contributed by atoms with Crippen LogP contribution in [0.1, 0.15) is 46.1 Å². The number of hydrogen-bond acceptors (Lipinski definition) is 5. The average molecular weight is 446 g/mol. The number of carbonyl (C=O) groups excluding carboxylic acids is 3. The van der Waals surface area contributed by atoms with Crippen molar-refractivity contribution in [2.24, 2.45) is 11.8 Å². The Morgan fingerprint density at radius 1 is 1.06 bits per heavy atom. The van der Waals surface area contributed by atoms with E-state index in [1.807, 2.05) is 56.0 Å². The van der Waals surface area contributed by atoms with Crippen molar-refractivity contribution in [3.63, 3.8) is 0 Å². The molecule has 0 radical (unpaired) electrons. The second-order valence-electron chi connectivity index (χ2n) is 9.76. The number of likely N-dealkylation sites (tertiary alicyclic amines) is 2. The topological polar surface area (TPSA) is 88.2 Å². The molecule has 0 unspecified atom stereocenters. The highest BCUT2D eigenvalue weighted by atomic mass is 16.6. The molecule has 2 saturated heterocycles. The molecule has 0 aromatic heterocycles. The molecular formula is C24H35N3O5. The molecular weight excluding hydrogens is 410 g/mol. The van der Waals surface area contributed by atoms with Crippen molar-refractivity contribution in [3.05, 3.63) is 35.9 Å². The van der Waals surface area contributed by atoms with Crippen molar-refractivity contribution in [1.82, 2.24) is 15.1 Å². The molecule has 1 N–H and O–H groups in total. The molecule has 2 aliphatic rings. The molecule has 8 heteroatoms. The van der Waals surface area contributed by atoms with Crippen molar-refractivity contribution in [2.45, 2.75) is 58.8 Å². The smallest absolute Gasteiger partial charge is 0.410 e. The van der Waals surface area contributed by atoms with Crippen LogP contribution in [-0.4, -0.2) is 65.7 Å². The number of amides is 3. The molecule has 1 aromatic rings. The van der Waals surface area contributed by atoms with E-state index in [1.54, 1.807) is 11.8 Å². The minimum Gasteiger partial charge on any atom is -0.445 e. The Labute approximate surface area is 190 Å². The molecule has 3 amide bonds. The fourth-order valence-corrected chi connectivity index (χ4v) is 4.16. The molecule has 0 bridgehead atoms. The molecule has 2 heterocycles. The third kappa shape index (κ3) is 6.61. The highest BCUT2D eigenvalue weighted by molar-refractivity contribution is 5.85. The average Bonchev–Trinajstić information content (AvgIpc) is 2.70. The predicted molar refractivity (Wildman–Crippen MR) is 120 cm³/mol. The third-order valence-corrected chi connectivity index (χ3v) is 5.92. The normalized spacial score (nSPS) is 20.2. The molecule has 176 valence electrons. The maximum absolute atomic E-state index is 12.9. The van der Waals surface area contributed by atoms with Gasteiger partial charge in [-0.15, -0.1) is 0 Å². The first-order chi connectivity index (χ1) is 15.1. The number of benzene rings is 1. The van der Waals surface area contributed by atoms with E-state index in [2.05, 4.69) is 5.32 Å². The summed E-state index contributed by atoms with van der Waals surface area (Å²) in [5.41, 5.74) is 0.392. The zero-order chi connectivity index (χ0) is 23.3. The van der Waals surface area contributed by atoms with Gasteiger partial charge in [0.1, 0.15) is 18.2 Å². The molecule has 2 aliphatic heterocycles. The molecule has 0 aliphatic carbocycles. The van der Waals surface area contributed by atoms with Crippen LogP contribution in [0, 0.1) is 11.8 Å². The van der Waals surface area contributed by atoms with E-state index in [-0.39, 0.29) is 18.6 Å².